The quantitative estimate of drug-likeness (QED) is 0.871. The molecular weight excluding hydrogens is 256 g/mol. The molecule has 1 aromatic heterocycles. The molecule has 0 aliphatic carbocycles. The third kappa shape index (κ3) is 2.38. The molecule has 2 aromatic rings. The maximum absolute atomic E-state index is 12.0. The summed E-state index contributed by atoms with van der Waals surface area (Å²) in [6.07, 6.45) is 2.25. The number of anilines is 1. The Balaban J connectivity index is 2.33. The molecule has 0 spiro atoms. The van der Waals surface area contributed by atoms with Gasteiger partial charge in [-0.25, -0.2) is 4.98 Å². The van der Waals surface area contributed by atoms with Gasteiger partial charge >= 0.3 is 0 Å². The summed E-state index contributed by atoms with van der Waals surface area (Å²) in [6, 6.07) is 5.79. The maximum Gasteiger partial charge on any atom is 0.284 e. The maximum atomic E-state index is 12.0. The summed E-state index contributed by atoms with van der Waals surface area (Å²) in [5.74, 6) is -0.220. The fourth-order valence-corrected chi connectivity index (χ4v) is 2.38. The van der Waals surface area contributed by atoms with Crippen LogP contribution in [0.25, 0.3) is 0 Å². The molecule has 0 atom stereocenters. The zero-order chi connectivity index (χ0) is 13.2. The Bertz CT molecular complexity index is 647. The van der Waals surface area contributed by atoms with Crippen LogP contribution < -0.4 is 5.32 Å². The van der Waals surface area contributed by atoms with Gasteiger partial charge < -0.3 is 5.32 Å². The number of nitrogens with zero attached hydrogens (tertiary/aromatic N) is 3. The van der Waals surface area contributed by atoms with Gasteiger partial charge in [0, 0.05) is 12.6 Å². The van der Waals surface area contributed by atoms with Crippen LogP contribution in [0.2, 0.25) is 0 Å². The molecule has 1 aromatic carbocycles. The van der Waals surface area contributed by atoms with Crippen LogP contribution in [0, 0.1) is 0 Å². The number of aromatic nitrogens is 3. The molecule has 2 rings (SSSR count). The van der Waals surface area contributed by atoms with Crippen LogP contribution in [0.15, 0.2) is 41.8 Å². The summed E-state index contributed by atoms with van der Waals surface area (Å²) >= 11 is 0. The number of benzene rings is 1. The van der Waals surface area contributed by atoms with Gasteiger partial charge in [0.2, 0.25) is 5.91 Å². The summed E-state index contributed by atoms with van der Waals surface area (Å²) < 4.78 is 24.8. The summed E-state index contributed by atoms with van der Waals surface area (Å²) in [5.41, 5.74) is 0.528. The molecule has 0 aliphatic rings. The van der Waals surface area contributed by atoms with E-state index in [0.717, 1.165) is 16.7 Å². The molecule has 0 bridgehead atoms. The van der Waals surface area contributed by atoms with Crippen LogP contribution in [-0.2, 0) is 14.8 Å². The van der Waals surface area contributed by atoms with E-state index >= 15 is 0 Å². The number of carbonyl (C=O) groups excluding carboxylic acids is 1. The number of amides is 1. The first-order valence-corrected chi connectivity index (χ1v) is 6.42. The zero-order valence-electron chi connectivity index (χ0n) is 9.44. The molecule has 0 saturated heterocycles. The van der Waals surface area contributed by atoms with E-state index in [-0.39, 0.29) is 10.8 Å². The van der Waals surface area contributed by atoms with E-state index in [4.69, 9.17) is 0 Å². The number of carbonyl (C=O) groups is 1. The van der Waals surface area contributed by atoms with E-state index in [9.17, 15) is 13.2 Å². The Morgan fingerprint density at radius 1 is 1.28 bits per heavy atom. The van der Waals surface area contributed by atoms with Crippen molar-refractivity contribution in [3.05, 3.63) is 36.9 Å². The van der Waals surface area contributed by atoms with Gasteiger partial charge in [-0.3, -0.25) is 4.79 Å². The van der Waals surface area contributed by atoms with Gasteiger partial charge in [0.1, 0.15) is 12.7 Å². The summed E-state index contributed by atoms with van der Waals surface area (Å²) in [5, 5.41) is 6.13. The second kappa shape index (κ2) is 4.57. The van der Waals surface area contributed by atoms with Crippen molar-refractivity contribution < 1.29 is 13.2 Å². The van der Waals surface area contributed by atoms with Crippen molar-refractivity contribution in [2.24, 2.45) is 0 Å². The molecule has 0 unspecified atom stereocenters. The van der Waals surface area contributed by atoms with E-state index in [1.165, 1.54) is 31.2 Å². The van der Waals surface area contributed by atoms with Gasteiger partial charge in [-0.05, 0) is 24.3 Å². The van der Waals surface area contributed by atoms with Crippen LogP contribution in [0.1, 0.15) is 6.92 Å². The van der Waals surface area contributed by atoms with Gasteiger partial charge in [-0.2, -0.15) is 8.42 Å². The average Bonchev–Trinajstić information content (AvgIpc) is 2.83. The smallest absolute Gasteiger partial charge is 0.284 e. The number of hydrogen-bond acceptors (Lipinski definition) is 5. The largest absolute Gasteiger partial charge is 0.326 e. The van der Waals surface area contributed by atoms with Gasteiger partial charge in [0.05, 0.1) is 4.90 Å². The monoisotopic (exact) mass is 266 g/mol. The van der Waals surface area contributed by atoms with Crippen LogP contribution >= 0.6 is 0 Å². The van der Waals surface area contributed by atoms with Crippen LogP contribution in [0.5, 0.6) is 0 Å². The average molecular weight is 266 g/mol. The van der Waals surface area contributed by atoms with E-state index in [0.29, 0.717) is 5.69 Å². The fourth-order valence-electron chi connectivity index (χ4n) is 1.34. The summed E-state index contributed by atoms with van der Waals surface area (Å²) in [4.78, 5) is 14.5. The molecule has 0 fully saturated rings. The second-order valence-corrected chi connectivity index (χ2v) is 5.27. The number of rotatable bonds is 3. The molecule has 0 radical (unpaired) electrons. The molecular formula is C10H10N4O3S. The minimum Gasteiger partial charge on any atom is -0.326 e. The standard InChI is InChI=1S/C10H10N4O3S/c1-8(15)13-9-2-4-10(5-3-9)18(16,17)14-7-11-6-12-14/h2-7H,1H3,(H,13,15). The van der Waals surface area contributed by atoms with Crippen LogP contribution in [-0.4, -0.2) is 28.5 Å². The van der Waals surface area contributed by atoms with Crippen LogP contribution in [0.3, 0.4) is 0 Å². The van der Waals surface area contributed by atoms with E-state index in [1.54, 1.807) is 0 Å². The van der Waals surface area contributed by atoms with E-state index in [2.05, 4.69) is 15.4 Å². The molecule has 0 saturated carbocycles. The third-order valence-electron chi connectivity index (χ3n) is 2.12. The van der Waals surface area contributed by atoms with Crippen molar-refractivity contribution in [2.75, 3.05) is 5.32 Å². The van der Waals surface area contributed by atoms with Gasteiger partial charge in [-0.15, -0.1) is 9.19 Å². The highest BCUT2D eigenvalue weighted by molar-refractivity contribution is 7.89. The Morgan fingerprint density at radius 2 is 1.94 bits per heavy atom. The molecule has 94 valence electrons. The van der Waals surface area contributed by atoms with Gasteiger partial charge in [-0.1, -0.05) is 0 Å². The van der Waals surface area contributed by atoms with E-state index < -0.39 is 10.0 Å². The number of hydrogen-bond donors (Lipinski definition) is 1. The van der Waals surface area contributed by atoms with Gasteiger partial charge in [0.25, 0.3) is 10.0 Å². The Hall–Kier alpha value is -2.22. The first kappa shape index (κ1) is 12.2. The molecule has 1 N–H and O–H groups in total. The topological polar surface area (TPSA) is 94.0 Å². The molecule has 1 amide bonds. The minimum atomic E-state index is -3.71. The highest BCUT2D eigenvalue weighted by Gasteiger charge is 2.17. The van der Waals surface area contributed by atoms with Gasteiger partial charge in [0.15, 0.2) is 0 Å². The van der Waals surface area contributed by atoms with Crippen molar-refractivity contribution in [2.45, 2.75) is 11.8 Å². The van der Waals surface area contributed by atoms with Crippen molar-refractivity contribution in [3.63, 3.8) is 0 Å². The van der Waals surface area contributed by atoms with Crippen LogP contribution in [0.4, 0.5) is 5.69 Å². The Morgan fingerprint density at radius 3 is 2.44 bits per heavy atom. The highest BCUT2D eigenvalue weighted by Crippen LogP contribution is 2.15. The molecule has 8 heteroatoms. The lowest BCUT2D eigenvalue weighted by Gasteiger charge is -2.05. The minimum absolute atomic E-state index is 0.0714. The zero-order valence-corrected chi connectivity index (χ0v) is 10.3. The lowest BCUT2D eigenvalue weighted by molar-refractivity contribution is -0.114. The lowest BCUT2D eigenvalue weighted by Crippen LogP contribution is -2.13. The van der Waals surface area contributed by atoms with E-state index in [1.807, 2.05) is 0 Å². The molecule has 18 heavy (non-hydrogen) atoms. The van der Waals surface area contributed by atoms with Crippen molar-refractivity contribution in [1.29, 1.82) is 0 Å². The molecule has 0 aliphatic heterocycles. The van der Waals surface area contributed by atoms with Crippen molar-refractivity contribution >= 4 is 21.6 Å². The molecule has 7 nitrogen and oxygen atoms in total. The SMILES string of the molecule is CC(=O)Nc1ccc(S(=O)(=O)n2cncn2)cc1. The summed E-state index contributed by atoms with van der Waals surface area (Å²) in [6.45, 7) is 1.38. The first-order valence-electron chi connectivity index (χ1n) is 4.98. The lowest BCUT2D eigenvalue weighted by atomic mass is 10.3. The first-order chi connectivity index (χ1) is 8.50. The Labute approximate surface area is 104 Å². The van der Waals surface area contributed by atoms with Crippen molar-refractivity contribution in [1.82, 2.24) is 14.2 Å². The number of nitrogens with one attached hydrogen (secondary N) is 1. The summed E-state index contributed by atoms with van der Waals surface area (Å²) in [7, 11) is -3.71. The highest BCUT2D eigenvalue weighted by atomic mass is 32.2. The predicted octanol–water partition coefficient (Wildman–Crippen LogP) is 0.473. The Kier molecular flexibility index (Phi) is 3.11. The van der Waals surface area contributed by atoms with Crippen molar-refractivity contribution in [3.8, 4) is 0 Å². The fraction of sp³-hybridized carbons (Fsp3) is 0.100. The third-order valence-corrected chi connectivity index (χ3v) is 3.67. The normalized spacial score (nSPS) is 11.2. The molecule has 1 heterocycles. The second-order valence-electron chi connectivity index (χ2n) is 3.48. The predicted molar refractivity (Wildman–Crippen MR) is 63.4 cm³/mol.